The van der Waals surface area contributed by atoms with Gasteiger partial charge in [-0.3, -0.25) is 4.79 Å². The number of aliphatic carboxylic acids is 1. The number of hydrogen-bond donors (Lipinski definition) is 3. The summed E-state index contributed by atoms with van der Waals surface area (Å²) in [5.41, 5.74) is 7.44. The van der Waals surface area contributed by atoms with E-state index in [1.807, 2.05) is 0 Å². The third kappa shape index (κ3) is 1.24. The van der Waals surface area contributed by atoms with E-state index < -0.39 is 17.9 Å². The predicted octanol–water partition coefficient (Wildman–Crippen LogP) is 0.649. The maximum atomic E-state index is 10.8. The van der Waals surface area contributed by atoms with Gasteiger partial charge in [0.2, 0.25) is 0 Å². The molecule has 0 heterocycles. The lowest BCUT2D eigenvalue weighted by Gasteiger charge is -2.10. The van der Waals surface area contributed by atoms with E-state index in [-0.39, 0.29) is 5.75 Å². The molecule has 0 fully saturated rings. The maximum Gasteiger partial charge on any atom is 0.308 e. The first-order chi connectivity index (χ1) is 6.59. The summed E-state index contributed by atoms with van der Waals surface area (Å²) in [6.45, 7) is 0. The molecular formula is C10H11NO3. The van der Waals surface area contributed by atoms with Gasteiger partial charge < -0.3 is 15.9 Å². The van der Waals surface area contributed by atoms with Crippen LogP contribution in [-0.4, -0.2) is 16.2 Å². The average Bonchev–Trinajstić information content (AvgIpc) is 2.44. The first kappa shape index (κ1) is 9.02. The molecule has 0 aliphatic heterocycles. The van der Waals surface area contributed by atoms with Crippen molar-refractivity contribution in [3.05, 3.63) is 29.3 Å². The smallest absolute Gasteiger partial charge is 0.308 e. The normalized spacial score (nSPS) is 24.6. The van der Waals surface area contributed by atoms with E-state index in [0.717, 1.165) is 11.1 Å². The van der Waals surface area contributed by atoms with Gasteiger partial charge in [0.25, 0.3) is 0 Å². The summed E-state index contributed by atoms with van der Waals surface area (Å²) >= 11 is 0. The molecule has 0 bridgehead atoms. The Kier molecular flexibility index (Phi) is 1.93. The van der Waals surface area contributed by atoms with Crippen LogP contribution in [0.1, 0.15) is 17.2 Å². The second kappa shape index (κ2) is 2.99. The molecule has 14 heavy (non-hydrogen) atoms. The zero-order valence-corrected chi connectivity index (χ0v) is 7.47. The van der Waals surface area contributed by atoms with Gasteiger partial charge in [-0.2, -0.15) is 0 Å². The van der Waals surface area contributed by atoms with Gasteiger partial charge in [0.15, 0.2) is 0 Å². The van der Waals surface area contributed by atoms with Crippen molar-refractivity contribution in [2.75, 3.05) is 0 Å². The fraction of sp³-hybridized carbons (Fsp3) is 0.300. The van der Waals surface area contributed by atoms with Crippen molar-refractivity contribution in [2.45, 2.75) is 12.5 Å². The van der Waals surface area contributed by atoms with Crippen LogP contribution in [0.25, 0.3) is 0 Å². The molecule has 4 heteroatoms. The molecule has 0 radical (unpaired) electrons. The largest absolute Gasteiger partial charge is 0.508 e. The minimum Gasteiger partial charge on any atom is -0.508 e. The SMILES string of the molecule is NC1c2cc(O)ccc2CC1C(=O)O. The summed E-state index contributed by atoms with van der Waals surface area (Å²) in [5, 5.41) is 18.1. The van der Waals surface area contributed by atoms with E-state index in [2.05, 4.69) is 0 Å². The molecule has 0 saturated carbocycles. The number of nitrogens with two attached hydrogens (primary N) is 1. The van der Waals surface area contributed by atoms with E-state index in [9.17, 15) is 9.90 Å². The molecule has 1 aliphatic carbocycles. The van der Waals surface area contributed by atoms with E-state index in [0.29, 0.717) is 6.42 Å². The Labute approximate surface area is 81.0 Å². The summed E-state index contributed by atoms with van der Waals surface area (Å²) in [7, 11) is 0. The first-order valence-corrected chi connectivity index (χ1v) is 4.40. The lowest BCUT2D eigenvalue weighted by molar-refractivity contribution is -0.142. The molecule has 4 N–H and O–H groups in total. The highest BCUT2D eigenvalue weighted by molar-refractivity contribution is 5.73. The number of carboxylic acids is 1. The van der Waals surface area contributed by atoms with Gasteiger partial charge in [-0.25, -0.2) is 0 Å². The number of aromatic hydroxyl groups is 1. The number of rotatable bonds is 1. The Morgan fingerprint density at radius 2 is 2.21 bits per heavy atom. The maximum absolute atomic E-state index is 10.8. The highest BCUT2D eigenvalue weighted by atomic mass is 16.4. The molecule has 0 aromatic heterocycles. The van der Waals surface area contributed by atoms with Crippen LogP contribution in [0.2, 0.25) is 0 Å². The van der Waals surface area contributed by atoms with Crippen molar-refractivity contribution in [3.8, 4) is 5.75 Å². The van der Waals surface area contributed by atoms with Crippen LogP contribution < -0.4 is 5.73 Å². The van der Waals surface area contributed by atoms with E-state index in [1.54, 1.807) is 18.2 Å². The van der Waals surface area contributed by atoms with Crippen LogP contribution in [0.15, 0.2) is 18.2 Å². The Bertz CT molecular complexity index is 389. The number of phenols is 1. The lowest BCUT2D eigenvalue weighted by atomic mass is 10.0. The lowest BCUT2D eigenvalue weighted by Crippen LogP contribution is -2.24. The number of carbonyl (C=O) groups is 1. The topological polar surface area (TPSA) is 83.5 Å². The fourth-order valence-electron chi connectivity index (χ4n) is 1.90. The van der Waals surface area contributed by atoms with Gasteiger partial charge in [0.1, 0.15) is 5.75 Å². The van der Waals surface area contributed by atoms with Crippen molar-refractivity contribution in [1.82, 2.24) is 0 Å². The molecule has 0 amide bonds. The summed E-state index contributed by atoms with van der Waals surface area (Å²) < 4.78 is 0. The third-order valence-electron chi connectivity index (χ3n) is 2.68. The number of hydrogen-bond acceptors (Lipinski definition) is 3. The molecule has 2 atom stereocenters. The molecular weight excluding hydrogens is 182 g/mol. The summed E-state index contributed by atoms with van der Waals surface area (Å²) in [6.07, 6.45) is 0.451. The van der Waals surface area contributed by atoms with Gasteiger partial charge in [0.05, 0.1) is 5.92 Å². The highest BCUT2D eigenvalue weighted by Crippen LogP contribution is 2.36. The van der Waals surface area contributed by atoms with Crippen LogP contribution in [0, 0.1) is 5.92 Å². The minimum atomic E-state index is -0.881. The van der Waals surface area contributed by atoms with Crippen molar-refractivity contribution in [3.63, 3.8) is 0 Å². The monoisotopic (exact) mass is 193 g/mol. The Morgan fingerprint density at radius 3 is 2.86 bits per heavy atom. The molecule has 2 rings (SSSR count). The van der Waals surface area contributed by atoms with Crippen LogP contribution in [-0.2, 0) is 11.2 Å². The number of benzene rings is 1. The molecule has 74 valence electrons. The van der Waals surface area contributed by atoms with Gasteiger partial charge in [-0.1, -0.05) is 6.07 Å². The second-order valence-electron chi connectivity index (χ2n) is 3.56. The van der Waals surface area contributed by atoms with Gasteiger partial charge in [0, 0.05) is 6.04 Å². The third-order valence-corrected chi connectivity index (χ3v) is 2.68. The Balaban J connectivity index is 2.41. The first-order valence-electron chi connectivity index (χ1n) is 4.40. The van der Waals surface area contributed by atoms with Crippen LogP contribution in [0.4, 0.5) is 0 Å². The molecule has 0 saturated heterocycles. The fourth-order valence-corrected chi connectivity index (χ4v) is 1.90. The Hall–Kier alpha value is -1.55. The van der Waals surface area contributed by atoms with E-state index in [1.165, 1.54) is 0 Å². The zero-order valence-electron chi connectivity index (χ0n) is 7.47. The van der Waals surface area contributed by atoms with Gasteiger partial charge in [-0.15, -0.1) is 0 Å². The van der Waals surface area contributed by atoms with Crippen molar-refractivity contribution in [1.29, 1.82) is 0 Å². The van der Waals surface area contributed by atoms with Crippen LogP contribution >= 0.6 is 0 Å². The van der Waals surface area contributed by atoms with Crippen molar-refractivity contribution in [2.24, 2.45) is 11.7 Å². The molecule has 4 nitrogen and oxygen atoms in total. The van der Waals surface area contributed by atoms with Crippen LogP contribution in [0.3, 0.4) is 0 Å². The standard InChI is InChI=1S/C10H11NO3/c11-9-7-4-6(12)2-1-5(7)3-8(9)10(13)14/h1-2,4,8-9,12H,3,11H2,(H,13,14). The Morgan fingerprint density at radius 1 is 1.50 bits per heavy atom. The minimum absolute atomic E-state index is 0.130. The summed E-state index contributed by atoms with van der Waals surface area (Å²) in [4.78, 5) is 10.8. The predicted molar refractivity (Wildman–Crippen MR) is 49.9 cm³/mol. The zero-order chi connectivity index (χ0) is 10.3. The summed E-state index contributed by atoms with van der Waals surface area (Å²) in [6, 6.07) is 4.32. The van der Waals surface area contributed by atoms with Crippen LogP contribution in [0.5, 0.6) is 5.75 Å². The van der Waals surface area contributed by atoms with Crippen molar-refractivity contribution < 1.29 is 15.0 Å². The second-order valence-corrected chi connectivity index (χ2v) is 3.56. The quantitative estimate of drug-likeness (QED) is 0.611. The highest BCUT2D eigenvalue weighted by Gasteiger charge is 2.34. The molecule has 0 spiro atoms. The average molecular weight is 193 g/mol. The van der Waals surface area contributed by atoms with E-state index >= 15 is 0 Å². The summed E-state index contributed by atoms with van der Waals surface area (Å²) in [5.74, 6) is -1.31. The molecule has 1 aromatic rings. The molecule has 2 unspecified atom stereocenters. The number of fused-ring (bicyclic) bond motifs is 1. The van der Waals surface area contributed by atoms with Gasteiger partial charge in [-0.05, 0) is 29.7 Å². The number of phenolic OH excluding ortho intramolecular Hbond substituents is 1. The number of carboxylic acid groups (broad SMARTS) is 1. The van der Waals surface area contributed by atoms with E-state index in [4.69, 9.17) is 10.8 Å². The van der Waals surface area contributed by atoms with Gasteiger partial charge >= 0.3 is 5.97 Å². The molecule has 1 aliphatic rings. The van der Waals surface area contributed by atoms with Crippen molar-refractivity contribution >= 4 is 5.97 Å². The molecule has 1 aromatic carbocycles.